The van der Waals surface area contributed by atoms with Crippen molar-refractivity contribution in [3.05, 3.63) is 76.6 Å². The molecule has 1 aromatic heterocycles. The highest BCUT2D eigenvalue weighted by molar-refractivity contribution is 6.05. The van der Waals surface area contributed by atoms with Crippen LogP contribution in [0.25, 0.3) is 10.9 Å². The maximum atomic E-state index is 13.5. The Hall–Kier alpha value is -6.46. The normalized spacial score (nSPS) is 18.3. The highest BCUT2D eigenvalue weighted by atomic mass is 19.4. The molecule has 3 atom stereocenters. The van der Waals surface area contributed by atoms with Gasteiger partial charge in [0, 0.05) is 67.2 Å². The summed E-state index contributed by atoms with van der Waals surface area (Å²) in [6, 6.07) is 10.5. The third-order valence-electron chi connectivity index (χ3n) is 10.9. The summed E-state index contributed by atoms with van der Waals surface area (Å²) in [5.74, 6) is 0.183. The van der Waals surface area contributed by atoms with E-state index in [4.69, 9.17) is 15.2 Å². The summed E-state index contributed by atoms with van der Waals surface area (Å²) in [7, 11) is 1.50. The summed E-state index contributed by atoms with van der Waals surface area (Å²) in [6.07, 6.45) is -2.52. The van der Waals surface area contributed by atoms with E-state index in [0.717, 1.165) is 12.1 Å². The lowest BCUT2D eigenvalue weighted by Gasteiger charge is -2.29. The van der Waals surface area contributed by atoms with Gasteiger partial charge in [0.1, 0.15) is 23.8 Å². The maximum absolute atomic E-state index is 13.5. The molecule has 4 heterocycles. The number of carbonyl (C=O) groups excluding carboxylic acids is 5. The Morgan fingerprint density at radius 1 is 1.02 bits per heavy atom. The quantitative estimate of drug-likeness (QED) is 0.0737. The molecule has 316 valence electrons. The molecular formula is C42H45F3N8O7. The Bertz CT molecular complexity index is 2370. The fraction of sp³-hybridized carbons (Fsp3) is 0.405. The zero-order chi connectivity index (χ0) is 42.9. The Balaban J connectivity index is 0.905. The molecule has 1 unspecified atom stereocenters. The first-order valence-electron chi connectivity index (χ1n) is 19.7. The van der Waals surface area contributed by atoms with Gasteiger partial charge in [-0.15, -0.1) is 0 Å². The summed E-state index contributed by atoms with van der Waals surface area (Å²) in [4.78, 5) is 75.1. The van der Waals surface area contributed by atoms with Gasteiger partial charge < -0.3 is 35.6 Å². The molecule has 3 aromatic carbocycles. The molecule has 60 heavy (non-hydrogen) atoms. The number of halogens is 3. The van der Waals surface area contributed by atoms with Gasteiger partial charge in [-0.25, -0.2) is 9.97 Å². The van der Waals surface area contributed by atoms with E-state index in [2.05, 4.69) is 25.9 Å². The number of amides is 5. The number of hydrogen-bond donors (Lipinski definition) is 4. The number of benzene rings is 3. The average Bonchev–Trinajstić information content (AvgIpc) is 3.79. The summed E-state index contributed by atoms with van der Waals surface area (Å²) in [6.45, 7) is 4.43. The molecule has 0 aliphatic carbocycles. The van der Waals surface area contributed by atoms with Crippen LogP contribution in [0.3, 0.4) is 0 Å². The number of methoxy groups -OCH3 is 1. The van der Waals surface area contributed by atoms with Gasteiger partial charge in [-0.2, -0.15) is 13.2 Å². The van der Waals surface area contributed by atoms with E-state index in [0.29, 0.717) is 88.8 Å². The molecule has 3 aliphatic rings. The number of ether oxygens (including phenoxy) is 2. The Labute approximate surface area is 343 Å². The van der Waals surface area contributed by atoms with Gasteiger partial charge >= 0.3 is 6.18 Å². The minimum absolute atomic E-state index is 0.0124. The lowest BCUT2D eigenvalue weighted by Crippen LogP contribution is -2.52. The number of likely N-dealkylation sites (tertiary alicyclic amines) is 1. The largest absolute Gasteiger partial charge is 0.493 e. The lowest BCUT2D eigenvalue weighted by atomic mass is 10.0. The monoisotopic (exact) mass is 830 g/mol. The Morgan fingerprint density at radius 3 is 2.55 bits per heavy atom. The van der Waals surface area contributed by atoms with Crippen molar-refractivity contribution in [3.63, 3.8) is 0 Å². The second kappa shape index (κ2) is 17.0. The van der Waals surface area contributed by atoms with E-state index < -0.39 is 29.7 Å². The number of rotatable bonds is 13. The number of aryl methyl sites for hydroxylation is 1. The van der Waals surface area contributed by atoms with Crippen molar-refractivity contribution in [2.75, 3.05) is 36.6 Å². The molecule has 5 N–H and O–H groups in total. The van der Waals surface area contributed by atoms with Crippen LogP contribution in [0.1, 0.15) is 90.8 Å². The van der Waals surface area contributed by atoms with Crippen molar-refractivity contribution < 1.29 is 46.6 Å². The SMILES string of the molecule is COc1cc2nc(C)nc(N[C@H](C)c3cc(N)cc(C(F)(F)F)c3)c2cc1O[C@H]1CCN(C(=O)CCCCC(=O)Nc2ccc3c(c2)CN(C2CCC(=O)NC2=O)C3=O)C1. The first-order valence-corrected chi connectivity index (χ1v) is 19.7. The Morgan fingerprint density at radius 2 is 1.80 bits per heavy atom. The minimum Gasteiger partial charge on any atom is -0.493 e. The molecule has 0 saturated carbocycles. The summed E-state index contributed by atoms with van der Waals surface area (Å²) in [5.41, 5.74) is 7.46. The zero-order valence-electron chi connectivity index (χ0n) is 33.3. The van der Waals surface area contributed by atoms with Gasteiger partial charge in [0.25, 0.3) is 5.91 Å². The molecule has 5 amide bonds. The van der Waals surface area contributed by atoms with Gasteiger partial charge in [-0.3, -0.25) is 29.3 Å². The standard InChI is InChI=1S/C42H45F3N8O7/c1-22(24-14-26(42(43,44)45)17-27(46)15-24)47-39-31-18-35(34(59-3)19-32(31)48-23(2)49-39)60-29-12-13-52(21-29)38(56)7-5-4-6-36(54)50-28-8-9-30-25(16-28)20-53(41(30)58)33-10-11-37(55)51-40(33)57/h8-9,14-19,22,29,33H,4-7,10-13,20-21,46H2,1-3H3,(H,50,54)(H,47,48,49)(H,51,55,57)/t22-,29+,33?/m1/s1. The number of imide groups is 1. The molecule has 0 spiro atoms. The smallest absolute Gasteiger partial charge is 0.416 e. The van der Waals surface area contributed by atoms with Crippen LogP contribution in [0.4, 0.5) is 30.4 Å². The van der Waals surface area contributed by atoms with Crippen molar-refractivity contribution in [2.45, 2.75) is 89.7 Å². The molecular weight excluding hydrogens is 786 g/mol. The molecule has 15 nitrogen and oxygen atoms in total. The van der Waals surface area contributed by atoms with Crippen LogP contribution in [0.2, 0.25) is 0 Å². The fourth-order valence-corrected chi connectivity index (χ4v) is 7.82. The Kier molecular flexibility index (Phi) is 11.8. The van der Waals surface area contributed by atoms with Crippen molar-refractivity contribution in [1.29, 1.82) is 0 Å². The number of piperidine rings is 1. The highest BCUT2D eigenvalue weighted by Crippen LogP contribution is 2.38. The number of fused-ring (bicyclic) bond motifs is 2. The van der Waals surface area contributed by atoms with Crippen LogP contribution in [-0.2, 0) is 31.9 Å². The number of nitrogens with one attached hydrogen (secondary N) is 3. The predicted molar refractivity (Wildman–Crippen MR) is 214 cm³/mol. The zero-order valence-corrected chi connectivity index (χ0v) is 33.3. The van der Waals surface area contributed by atoms with Crippen LogP contribution in [-0.4, -0.2) is 81.6 Å². The average molecular weight is 831 g/mol. The van der Waals surface area contributed by atoms with Crippen molar-refractivity contribution in [2.24, 2.45) is 0 Å². The molecule has 0 radical (unpaired) electrons. The number of anilines is 3. The van der Waals surface area contributed by atoms with Crippen LogP contribution in [0.5, 0.6) is 11.5 Å². The van der Waals surface area contributed by atoms with E-state index in [1.165, 1.54) is 18.1 Å². The van der Waals surface area contributed by atoms with E-state index >= 15 is 0 Å². The van der Waals surface area contributed by atoms with Gasteiger partial charge in [-0.05, 0) is 86.7 Å². The second-order valence-electron chi connectivity index (χ2n) is 15.3. The molecule has 2 fully saturated rings. The first-order chi connectivity index (χ1) is 28.6. The molecule has 2 saturated heterocycles. The third-order valence-corrected chi connectivity index (χ3v) is 10.9. The number of unbranched alkanes of at least 4 members (excludes halogenated alkanes) is 1. The van der Waals surface area contributed by atoms with Crippen molar-refractivity contribution >= 4 is 57.6 Å². The van der Waals surface area contributed by atoms with Gasteiger partial charge in [0.2, 0.25) is 23.6 Å². The first kappa shape index (κ1) is 41.7. The van der Waals surface area contributed by atoms with Crippen LogP contribution in [0, 0.1) is 6.92 Å². The number of carbonyl (C=O) groups is 5. The highest BCUT2D eigenvalue weighted by Gasteiger charge is 2.39. The predicted octanol–water partition coefficient (Wildman–Crippen LogP) is 5.66. The minimum atomic E-state index is -4.56. The number of aromatic nitrogens is 2. The van der Waals surface area contributed by atoms with Crippen LogP contribution in [0.15, 0.2) is 48.5 Å². The van der Waals surface area contributed by atoms with Crippen molar-refractivity contribution in [1.82, 2.24) is 25.1 Å². The molecule has 18 heteroatoms. The summed E-state index contributed by atoms with van der Waals surface area (Å²) < 4.78 is 52.6. The maximum Gasteiger partial charge on any atom is 0.416 e. The van der Waals surface area contributed by atoms with E-state index in [1.807, 2.05) is 0 Å². The van der Waals surface area contributed by atoms with Gasteiger partial charge in [0.15, 0.2) is 11.5 Å². The summed E-state index contributed by atoms with van der Waals surface area (Å²) in [5, 5.41) is 8.91. The van der Waals surface area contributed by atoms with E-state index in [1.54, 1.807) is 49.1 Å². The molecule has 3 aliphatic heterocycles. The number of hydrogen-bond acceptors (Lipinski definition) is 11. The van der Waals surface area contributed by atoms with E-state index in [9.17, 15) is 37.1 Å². The molecule has 0 bridgehead atoms. The third kappa shape index (κ3) is 9.21. The van der Waals surface area contributed by atoms with E-state index in [-0.39, 0.29) is 67.6 Å². The number of nitrogens with zero attached hydrogens (tertiary/aromatic N) is 4. The molecule has 7 rings (SSSR count). The van der Waals surface area contributed by atoms with Gasteiger partial charge in [0.05, 0.1) is 30.8 Å². The number of nitrogen functional groups attached to an aromatic ring is 1. The summed E-state index contributed by atoms with van der Waals surface area (Å²) >= 11 is 0. The molecule has 4 aromatic rings. The number of nitrogens with two attached hydrogens (primary N) is 1. The topological polar surface area (TPSA) is 198 Å². The number of alkyl halides is 3. The van der Waals surface area contributed by atoms with Gasteiger partial charge in [-0.1, -0.05) is 0 Å². The fourth-order valence-electron chi connectivity index (χ4n) is 7.82. The van der Waals surface area contributed by atoms with Crippen LogP contribution < -0.4 is 31.2 Å². The van der Waals surface area contributed by atoms with Crippen LogP contribution >= 0.6 is 0 Å². The van der Waals surface area contributed by atoms with Crippen molar-refractivity contribution in [3.8, 4) is 11.5 Å². The second-order valence-corrected chi connectivity index (χ2v) is 15.3. The lowest BCUT2D eigenvalue weighted by molar-refractivity contribution is -0.138.